The average molecular weight is 623 g/mol. The SMILES string of the molecule is CN1C(=O)N(c2ccccc2F)C(=O)/C1=N\C(Nc1ccc(Cl)c(Br)c1F)C(Cl)C(Cl)(Cl)Cl. The molecule has 3 amide bonds. The maximum atomic E-state index is 14.7. The minimum Gasteiger partial charge on any atom is -0.360 e. The fraction of sp³-hybridized carbons (Fsp3) is 0.211. The van der Waals surface area contributed by atoms with Crippen LogP contribution in [0.5, 0.6) is 0 Å². The van der Waals surface area contributed by atoms with E-state index in [-0.39, 0.29) is 20.9 Å². The van der Waals surface area contributed by atoms with Crippen LogP contribution in [0.3, 0.4) is 0 Å². The van der Waals surface area contributed by atoms with Gasteiger partial charge in [-0.25, -0.2) is 23.5 Å². The highest BCUT2D eigenvalue weighted by Crippen LogP contribution is 2.38. The van der Waals surface area contributed by atoms with Crippen molar-refractivity contribution in [3.63, 3.8) is 0 Å². The number of amidine groups is 1. The molecular weight excluding hydrogens is 611 g/mol. The predicted octanol–water partition coefficient (Wildman–Crippen LogP) is 6.59. The summed E-state index contributed by atoms with van der Waals surface area (Å²) < 4.78 is 26.8. The van der Waals surface area contributed by atoms with Crippen molar-refractivity contribution >= 4 is 103 Å². The van der Waals surface area contributed by atoms with E-state index in [0.717, 1.165) is 11.0 Å². The molecule has 6 nitrogen and oxygen atoms in total. The molecule has 1 fully saturated rings. The number of carbonyl (C=O) groups excluding carboxylic acids is 2. The number of aliphatic imine (C=N–C) groups is 1. The molecule has 14 heteroatoms. The lowest BCUT2D eigenvalue weighted by Crippen LogP contribution is -2.40. The largest absolute Gasteiger partial charge is 0.360 e. The highest BCUT2D eigenvalue weighted by molar-refractivity contribution is 9.10. The smallest absolute Gasteiger partial charge is 0.337 e. The second kappa shape index (κ2) is 10.1. The van der Waals surface area contributed by atoms with Crippen LogP contribution in [0, 0.1) is 11.6 Å². The van der Waals surface area contributed by atoms with Crippen LogP contribution in [0.2, 0.25) is 5.02 Å². The van der Waals surface area contributed by atoms with E-state index in [9.17, 15) is 18.4 Å². The molecule has 2 atom stereocenters. The summed E-state index contributed by atoms with van der Waals surface area (Å²) in [7, 11) is 1.25. The van der Waals surface area contributed by atoms with E-state index in [4.69, 9.17) is 58.0 Å². The third-order valence-electron chi connectivity index (χ3n) is 4.47. The van der Waals surface area contributed by atoms with E-state index in [2.05, 4.69) is 26.2 Å². The van der Waals surface area contributed by atoms with Crippen LogP contribution >= 0.6 is 73.9 Å². The van der Waals surface area contributed by atoms with Gasteiger partial charge in [0.25, 0.3) is 0 Å². The normalized spacial score (nSPS) is 17.7. The van der Waals surface area contributed by atoms with Crippen molar-refractivity contribution in [1.29, 1.82) is 0 Å². The molecule has 1 aliphatic heterocycles. The molecule has 2 aromatic rings. The Labute approximate surface area is 220 Å². The van der Waals surface area contributed by atoms with E-state index in [1.807, 2.05) is 0 Å². The fourth-order valence-electron chi connectivity index (χ4n) is 2.84. The molecule has 0 saturated carbocycles. The Morgan fingerprint density at radius 1 is 1.12 bits per heavy atom. The van der Waals surface area contributed by atoms with Gasteiger partial charge in [0.1, 0.15) is 17.4 Å². The van der Waals surface area contributed by atoms with Crippen LogP contribution in [0.15, 0.2) is 45.9 Å². The Hall–Kier alpha value is -1.36. The van der Waals surface area contributed by atoms with E-state index in [1.165, 1.54) is 37.4 Å². The zero-order chi connectivity index (χ0) is 24.7. The first kappa shape index (κ1) is 26.2. The van der Waals surface area contributed by atoms with Gasteiger partial charge in [-0.15, -0.1) is 11.6 Å². The predicted molar refractivity (Wildman–Crippen MR) is 131 cm³/mol. The van der Waals surface area contributed by atoms with E-state index in [0.29, 0.717) is 4.90 Å². The van der Waals surface area contributed by atoms with Crippen molar-refractivity contribution in [3.8, 4) is 0 Å². The molecule has 1 aliphatic rings. The Morgan fingerprint density at radius 3 is 2.36 bits per heavy atom. The molecule has 1 saturated heterocycles. The Morgan fingerprint density at radius 2 is 1.76 bits per heavy atom. The number of alkyl halides is 4. The van der Waals surface area contributed by atoms with Crippen LogP contribution in [-0.4, -0.2) is 45.1 Å². The monoisotopic (exact) mass is 620 g/mol. The number of carbonyl (C=O) groups is 2. The zero-order valence-electron chi connectivity index (χ0n) is 16.3. The van der Waals surface area contributed by atoms with Crippen molar-refractivity contribution < 1.29 is 18.4 Å². The van der Waals surface area contributed by atoms with Gasteiger partial charge in [0.05, 0.1) is 20.9 Å². The molecule has 176 valence electrons. The molecule has 3 rings (SSSR count). The maximum absolute atomic E-state index is 14.7. The van der Waals surface area contributed by atoms with Crippen LogP contribution in [0.1, 0.15) is 0 Å². The van der Waals surface area contributed by atoms with Crippen LogP contribution < -0.4 is 10.2 Å². The third-order valence-corrected chi connectivity index (χ3v) is 7.40. The third kappa shape index (κ3) is 5.33. The number of nitrogens with one attached hydrogen (secondary N) is 1. The summed E-state index contributed by atoms with van der Waals surface area (Å²) in [5.41, 5.74) is -0.406. The Balaban J connectivity index is 2.05. The van der Waals surface area contributed by atoms with Gasteiger partial charge < -0.3 is 5.32 Å². The number of rotatable bonds is 5. The number of halogens is 8. The molecule has 0 aromatic heterocycles. The maximum Gasteiger partial charge on any atom is 0.337 e. The molecule has 33 heavy (non-hydrogen) atoms. The van der Waals surface area contributed by atoms with Crippen molar-refractivity contribution in [1.82, 2.24) is 4.90 Å². The summed E-state index contributed by atoms with van der Waals surface area (Å²) >= 11 is 32.9. The number of hydrogen-bond donors (Lipinski definition) is 1. The number of nitrogens with zero attached hydrogens (tertiary/aromatic N) is 3. The molecule has 0 bridgehead atoms. The number of likely N-dealkylation sites (N-methyl/N-ethyl adjacent to an activating group) is 1. The number of benzene rings is 2. The average Bonchev–Trinajstić information content (AvgIpc) is 2.95. The number of urea groups is 1. The minimum atomic E-state index is -2.11. The first-order chi connectivity index (χ1) is 15.3. The number of anilines is 2. The number of hydrogen-bond acceptors (Lipinski definition) is 4. The number of imide groups is 1. The van der Waals surface area contributed by atoms with Crippen LogP contribution in [0.4, 0.5) is 25.0 Å². The molecule has 2 aromatic carbocycles. The van der Waals surface area contributed by atoms with Crippen molar-refractivity contribution in [3.05, 3.63) is 57.5 Å². The van der Waals surface area contributed by atoms with Crippen LogP contribution in [0.25, 0.3) is 0 Å². The van der Waals surface area contributed by atoms with Gasteiger partial charge >= 0.3 is 11.9 Å². The first-order valence-corrected chi connectivity index (χ1v) is 11.6. The van der Waals surface area contributed by atoms with Crippen molar-refractivity contribution in [2.24, 2.45) is 4.99 Å². The Bertz CT molecular complexity index is 1150. The van der Waals surface area contributed by atoms with Crippen molar-refractivity contribution in [2.75, 3.05) is 17.3 Å². The summed E-state index contributed by atoms with van der Waals surface area (Å²) in [6, 6.07) is 7.00. The molecule has 2 unspecified atom stereocenters. The number of para-hydroxylation sites is 1. The van der Waals surface area contributed by atoms with Gasteiger partial charge in [0, 0.05) is 7.05 Å². The zero-order valence-corrected chi connectivity index (χ0v) is 21.7. The molecule has 0 aliphatic carbocycles. The summed E-state index contributed by atoms with van der Waals surface area (Å²) in [5, 5.41) is 1.31. The first-order valence-electron chi connectivity index (χ1n) is 8.90. The van der Waals surface area contributed by atoms with Crippen molar-refractivity contribution in [2.45, 2.75) is 15.3 Å². The van der Waals surface area contributed by atoms with Gasteiger partial charge in [-0.05, 0) is 40.2 Å². The van der Waals surface area contributed by atoms with E-state index < -0.39 is 44.7 Å². The van der Waals surface area contributed by atoms with Crippen LogP contribution in [-0.2, 0) is 4.79 Å². The highest BCUT2D eigenvalue weighted by Gasteiger charge is 2.45. The summed E-state index contributed by atoms with van der Waals surface area (Å²) in [6.07, 6.45) is -1.42. The summed E-state index contributed by atoms with van der Waals surface area (Å²) in [5.74, 6) is -2.98. The van der Waals surface area contributed by atoms with Gasteiger partial charge in [-0.2, -0.15) is 0 Å². The number of amides is 3. The second-order valence-electron chi connectivity index (χ2n) is 6.64. The van der Waals surface area contributed by atoms with Gasteiger partial charge in [-0.1, -0.05) is 58.5 Å². The summed E-state index contributed by atoms with van der Waals surface area (Å²) in [4.78, 5) is 31.3. The lowest BCUT2D eigenvalue weighted by molar-refractivity contribution is -0.111. The quantitative estimate of drug-likeness (QED) is 0.232. The van der Waals surface area contributed by atoms with E-state index >= 15 is 0 Å². The molecule has 1 N–H and O–H groups in total. The lowest BCUT2D eigenvalue weighted by atomic mass is 10.2. The molecular formula is C19H12BrCl5F2N4O2. The molecule has 0 spiro atoms. The lowest BCUT2D eigenvalue weighted by Gasteiger charge is -2.27. The molecule has 0 radical (unpaired) electrons. The second-order valence-corrected chi connectivity index (χ2v) is 10.7. The fourth-order valence-corrected chi connectivity index (χ4v) is 3.81. The van der Waals surface area contributed by atoms with Gasteiger partial charge in [0.2, 0.25) is 9.63 Å². The molecule has 1 heterocycles. The highest BCUT2D eigenvalue weighted by atomic mass is 79.9. The van der Waals surface area contributed by atoms with Gasteiger partial charge in [0.15, 0.2) is 5.82 Å². The minimum absolute atomic E-state index is 0.0458. The standard InChI is InChI=1S/C19H12BrCl5F2N4O2/c1-30-16(17(32)31(18(30)33)11-5-3-2-4-9(11)26)29-15(14(22)19(23,24)25)28-10-7-6-8(21)12(20)13(10)27/h2-7,14-15,28H,1H3/b29-16+. The topological polar surface area (TPSA) is 65.0 Å². The Kier molecular flexibility index (Phi) is 8.03. The van der Waals surface area contributed by atoms with E-state index in [1.54, 1.807) is 0 Å². The van der Waals surface area contributed by atoms with Gasteiger partial charge in [-0.3, -0.25) is 9.69 Å². The summed E-state index contributed by atoms with van der Waals surface area (Å²) in [6.45, 7) is 0.